The van der Waals surface area contributed by atoms with Gasteiger partial charge in [0.15, 0.2) is 5.78 Å². The van der Waals surface area contributed by atoms with Gasteiger partial charge in [-0.1, -0.05) is 31.9 Å². The smallest absolute Gasteiger partial charge is 0.337 e. The van der Waals surface area contributed by atoms with Crippen LogP contribution in [0.4, 0.5) is 0 Å². The lowest BCUT2D eigenvalue weighted by Crippen LogP contribution is -2.43. The number of hydrogen-bond donors (Lipinski definition) is 1. The highest BCUT2D eigenvalue weighted by molar-refractivity contribution is 6.12. The van der Waals surface area contributed by atoms with Crippen LogP contribution in [-0.2, 0) is 23.9 Å². The molecule has 0 radical (unpaired) electrons. The van der Waals surface area contributed by atoms with E-state index in [0.29, 0.717) is 35.6 Å². The summed E-state index contributed by atoms with van der Waals surface area (Å²) in [6.07, 6.45) is 6.50. The summed E-state index contributed by atoms with van der Waals surface area (Å²) in [5.41, 5.74) is 3.10. The molecule has 7 heteroatoms. The van der Waals surface area contributed by atoms with Gasteiger partial charge in [0.2, 0.25) is 0 Å². The van der Waals surface area contributed by atoms with E-state index < -0.39 is 23.8 Å². The highest BCUT2D eigenvalue weighted by Gasteiger charge is 2.47. The number of rotatable bonds is 6. The van der Waals surface area contributed by atoms with Crippen molar-refractivity contribution >= 4 is 17.7 Å². The highest BCUT2D eigenvalue weighted by atomic mass is 16.5. The maximum atomic E-state index is 13.8. The van der Waals surface area contributed by atoms with Crippen LogP contribution in [0.1, 0.15) is 77.2 Å². The van der Waals surface area contributed by atoms with Crippen molar-refractivity contribution in [1.82, 2.24) is 5.32 Å². The topological polar surface area (TPSA) is 90.9 Å². The van der Waals surface area contributed by atoms with Crippen LogP contribution < -0.4 is 10.1 Å². The van der Waals surface area contributed by atoms with Crippen LogP contribution in [0.25, 0.3) is 0 Å². The maximum absolute atomic E-state index is 13.8. The normalized spacial score (nSPS) is 25.0. The van der Waals surface area contributed by atoms with E-state index in [-0.39, 0.29) is 17.8 Å². The second-order valence-electron chi connectivity index (χ2n) is 10.1. The third kappa shape index (κ3) is 5.20. The number of methoxy groups -OCH3 is 1. The number of hydrogen-bond acceptors (Lipinski definition) is 7. The van der Waals surface area contributed by atoms with Crippen molar-refractivity contribution in [3.63, 3.8) is 0 Å². The highest BCUT2D eigenvalue weighted by Crippen LogP contribution is 2.46. The molecule has 7 nitrogen and oxygen atoms in total. The molecule has 0 unspecified atom stereocenters. The molecule has 0 aromatic heterocycles. The summed E-state index contributed by atoms with van der Waals surface area (Å²) in [6.45, 7) is 6.19. The van der Waals surface area contributed by atoms with Gasteiger partial charge in [-0.05, 0) is 69.6 Å². The Kier molecular flexibility index (Phi) is 8.17. The summed E-state index contributed by atoms with van der Waals surface area (Å²) in [5, 5.41) is 3.33. The second-order valence-corrected chi connectivity index (χ2v) is 10.1. The predicted octanol–water partition coefficient (Wildman–Crippen LogP) is 4.96. The lowest BCUT2D eigenvalue weighted by Gasteiger charge is -2.38. The number of ether oxygens (including phenoxy) is 3. The van der Waals surface area contributed by atoms with Gasteiger partial charge in [0.1, 0.15) is 17.8 Å². The molecule has 194 valence electrons. The van der Waals surface area contributed by atoms with E-state index >= 15 is 0 Å². The zero-order valence-corrected chi connectivity index (χ0v) is 21.7. The monoisotopic (exact) mass is 495 g/mol. The molecule has 0 spiro atoms. The van der Waals surface area contributed by atoms with Crippen molar-refractivity contribution in [2.45, 2.75) is 77.7 Å². The number of carbonyl (C=O) groups is 3. The minimum Gasteiger partial charge on any atom is -0.494 e. The molecule has 0 saturated heterocycles. The van der Waals surface area contributed by atoms with E-state index in [0.717, 1.165) is 49.8 Å². The van der Waals surface area contributed by atoms with Crippen LogP contribution in [0, 0.1) is 11.8 Å². The zero-order chi connectivity index (χ0) is 25.8. The predicted molar refractivity (Wildman–Crippen MR) is 135 cm³/mol. The molecule has 3 aliphatic rings. The molecule has 0 bridgehead atoms. The van der Waals surface area contributed by atoms with Crippen molar-refractivity contribution in [1.29, 1.82) is 0 Å². The average molecular weight is 496 g/mol. The second kappa shape index (κ2) is 11.3. The molecule has 36 heavy (non-hydrogen) atoms. The number of allylic oxidation sites excluding steroid dienone is 3. The first-order valence-corrected chi connectivity index (χ1v) is 13.1. The fourth-order valence-electron chi connectivity index (χ4n) is 5.78. The van der Waals surface area contributed by atoms with Crippen molar-refractivity contribution in [2.24, 2.45) is 11.8 Å². The van der Waals surface area contributed by atoms with Crippen LogP contribution in [0.2, 0.25) is 0 Å². The lowest BCUT2D eigenvalue weighted by atomic mass is 9.69. The van der Waals surface area contributed by atoms with E-state index in [2.05, 4.69) is 5.32 Å². The Balaban J connectivity index is 1.76. The molecule has 1 aromatic carbocycles. The molecule has 3 atom stereocenters. The van der Waals surface area contributed by atoms with Crippen LogP contribution in [0.3, 0.4) is 0 Å². The van der Waals surface area contributed by atoms with Crippen LogP contribution in [0.15, 0.2) is 46.8 Å². The Morgan fingerprint density at radius 3 is 2.33 bits per heavy atom. The SMILES string of the molecule is CCOc1ccc([C@@H]2C(C(=O)OC3CCCCCC3)=C(C)NC3=C2C(=O)[C@H](C(=O)OC)[C@@H](C)C3)cc1. The molecule has 0 amide bonds. The lowest BCUT2D eigenvalue weighted by molar-refractivity contribution is -0.151. The average Bonchev–Trinajstić information content (AvgIpc) is 3.12. The van der Waals surface area contributed by atoms with Crippen molar-refractivity contribution in [2.75, 3.05) is 13.7 Å². The molecule has 1 N–H and O–H groups in total. The van der Waals surface area contributed by atoms with Crippen LogP contribution >= 0.6 is 0 Å². The Morgan fingerprint density at radius 1 is 1.06 bits per heavy atom. The number of benzene rings is 1. The first kappa shape index (κ1) is 26.0. The number of dihydropyridines is 1. The summed E-state index contributed by atoms with van der Waals surface area (Å²) in [6, 6.07) is 7.46. The number of nitrogens with one attached hydrogen (secondary N) is 1. The maximum Gasteiger partial charge on any atom is 0.337 e. The fourth-order valence-corrected chi connectivity index (χ4v) is 5.78. The first-order chi connectivity index (χ1) is 17.3. The summed E-state index contributed by atoms with van der Waals surface area (Å²) in [7, 11) is 1.30. The minimum atomic E-state index is -0.904. The standard InChI is InChI=1S/C29H37NO6/c1-5-35-20-14-12-19(13-15-20)25-24(29(33)36-21-10-8-6-7-9-11-21)18(3)30-22-16-17(2)23(28(32)34-4)27(31)26(22)25/h12-15,17,21,23,25,30H,5-11,16H2,1-4H3/t17-,23+,25+/m0/s1. The molecule has 1 fully saturated rings. The van der Waals surface area contributed by atoms with Crippen LogP contribution in [0.5, 0.6) is 5.75 Å². The van der Waals surface area contributed by atoms with Crippen molar-refractivity contribution in [3.05, 3.63) is 52.4 Å². The third-order valence-corrected chi connectivity index (χ3v) is 7.56. The number of carbonyl (C=O) groups excluding carboxylic acids is 3. The molecule has 4 rings (SSSR count). The summed E-state index contributed by atoms with van der Waals surface area (Å²) < 4.78 is 16.6. The Morgan fingerprint density at radius 2 is 1.72 bits per heavy atom. The Labute approximate surface area is 213 Å². The van der Waals surface area contributed by atoms with Gasteiger partial charge in [-0.25, -0.2) is 4.79 Å². The van der Waals surface area contributed by atoms with Gasteiger partial charge < -0.3 is 19.5 Å². The van der Waals surface area contributed by atoms with Gasteiger partial charge in [0, 0.05) is 22.9 Å². The van der Waals surface area contributed by atoms with Gasteiger partial charge in [-0.3, -0.25) is 9.59 Å². The van der Waals surface area contributed by atoms with Crippen molar-refractivity contribution in [3.8, 4) is 5.75 Å². The number of Topliss-reactive ketones (excluding diaryl/α,β-unsaturated/α-hetero) is 1. The Hall–Kier alpha value is -3.09. The van der Waals surface area contributed by atoms with Gasteiger partial charge in [0.25, 0.3) is 0 Å². The molecule has 1 saturated carbocycles. The summed E-state index contributed by atoms with van der Waals surface area (Å²) >= 11 is 0. The van der Waals surface area contributed by atoms with Crippen molar-refractivity contribution < 1.29 is 28.6 Å². The molecule has 1 heterocycles. The largest absolute Gasteiger partial charge is 0.494 e. The van der Waals surface area contributed by atoms with Gasteiger partial charge in [-0.15, -0.1) is 0 Å². The number of ketones is 1. The van der Waals surface area contributed by atoms with E-state index in [1.165, 1.54) is 7.11 Å². The fraction of sp³-hybridized carbons (Fsp3) is 0.552. The summed E-state index contributed by atoms with van der Waals surface area (Å²) in [4.78, 5) is 40.1. The molecular formula is C29H37NO6. The van der Waals surface area contributed by atoms with E-state index in [4.69, 9.17) is 14.2 Å². The van der Waals surface area contributed by atoms with Gasteiger partial charge >= 0.3 is 11.9 Å². The van der Waals surface area contributed by atoms with Gasteiger partial charge in [-0.2, -0.15) is 0 Å². The van der Waals surface area contributed by atoms with Gasteiger partial charge in [0.05, 0.1) is 19.3 Å². The van der Waals surface area contributed by atoms with E-state index in [1.54, 1.807) is 0 Å². The molecular weight excluding hydrogens is 458 g/mol. The minimum absolute atomic E-state index is 0.124. The molecule has 1 aliphatic heterocycles. The third-order valence-electron chi connectivity index (χ3n) is 7.56. The van der Waals surface area contributed by atoms with Crippen LogP contribution in [-0.4, -0.2) is 37.5 Å². The molecule has 2 aliphatic carbocycles. The summed E-state index contributed by atoms with van der Waals surface area (Å²) in [5.74, 6) is -2.29. The first-order valence-electron chi connectivity index (χ1n) is 13.1. The quantitative estimate of drug-likeness (QED) is 0.339. The molecule has 1 aromatic rings. The van der Waals surface area contributed by atoms with E-state index in [1.807, 2.05) is 45.0 Å². The van der Waals surface area contributed by atoms with E-state index in [9.17, 15) is 14.4 Å². The number of esters is 2. The zero-order valence-electron chi connectivity index (χ0n) is 21.7. The Bertz CT molecular complexity index is 1060.